The minimum Gasteiger partial charge on any atom is -0.340 e. The van der Waals surface area contributed by atoms with Crippen LogP contribution in [0.15, 0.2) is 91.1 Å². The number of hydrogen-bond acceptors (Lipinski definition) is 5. The van der Waals surface area contributed by atoms with Gasteiger partial charge >= 0.3 is 0 Å². The molecule has 3 aromatic carbocycles. The average molecular weight is 468 g/mol. The first-order valence-electron chi connectivity index (χ1n) is 11.6. The number of halogens is 1. The molecule has 1 fully saturated rings. The van der Waals surface area contributed by atoms with Gasteiger partial charge in [-0.2, -0.15) is 0 Å². The molecule has 1 aliphatic rings. The molecule has 2 heterocycles. The second-order valence-corrected chi connectivity index (χ2v) is 8.67. The molecular weight excluding hydrogens is 441 g/mol. The molecular formula is C28H26FN5O. The summed E-state index contributed by atoms with van der Waals surface area (Å²) in [5.41, 5.74) is 3.19. The first kappa shape index (κ1) is 22.7. The molecule has 0 bridgehead atoms. The summed E-state index contributed by atoms with van der Waals surface area (Å²) in [6.07, 6.45) is 1.63. The molecule has 0 saturated carbocycles. The third-order valence-corrected chi connectivity index (χ3v) is 6.17. The van der Waals surface area contributed by atoms with Crippen molar-refractivity contribution in [3.63, 3.8) is 0 Å². The van der Waals surface area contributed by atoms with E-state index in [9.17, 15) is 9.18 Å². The van der Waals surface area contributed by atoms with Crippen LogP contribution in [0.2, 0.25) is 0 Å². The Balaban J connectivity index is 1.32. The zero-order valence-corrected chi connectivity index (χ0v) is 19.4. The Kier molecular flexibility index (Phi) is 6.50. The molecule has 1 N–H and O–H groups in total. The quantitative estimate of drug-likeness (QED) is 0.440. The van der Waals surface area contributed by atoms with Crippen LogP contribution >= 0.6 is 0 Å². The molecule has 35 heavy (non-hydrogen) atoms. The molecule has 0 spiro atoms. The molecule has 7 heteroatoms. The maximum absolute atomic E-state index is 13.6. The predicted octanol–water partition coefficient (Wildman–Crippen LogP) is 5.16. The third kappa shape index (κ3) is 5.20. The molecule has 1 aliphatic heterocycles. The van der Waals surface area contributed by atoms with Crippen molar-refractivity contribution in [1.82, 2.24) is 19.8 Å². The minimum atomic E-state index is -0.334. The maximum atomic E-state index is 13.6. The number of benzene rings is 3. The largest absolute Gasteiger partial charge is 0.340 e. The van der Waals surface area contributed by atoms with Gasteiger partial charge in [-0.1, -0.05) is 42.5 Å². The fourth-order valence-corrected chi connectivity index (χ4v) is 4.33. The van der Waals surface area contributed by atoms with Crippen molar-refractivity contribution in [1.29, 1.82) is 0 Å². The highest BCUT2D eigenvalue weighted by atomic mass is 19.1. The van der Waals surface area contributed by atoms with Gasteiger partial charge in [-0.3, -0.25) is 4.79 Å². The van der Waals surface area contributed by atoms with Gasteiger partial charge < -0.3 is 15.1 Å². The van der Waals surface area contributed by atoms with Crippen LogP contribution in [0.5, 0.6) is 0 Å². The molecule has 1 saturated heterocycles. The van der Waals surface area contributed by atoms with Crippen LogP contribution in [0.3, 0.4) is 0 Å². The van der Waals surface area contributed by atoms with Gasteiger partial charge in [0.15, 0.2) is 5.82 Å². The van der Waals surface area contributed by atoms with Gasteiger partial charge in [0.25, 0.3) is 5.91 Å². The lowest BCUT2D eigenvalue weighted by Crippen LogP contribution is -2.49. The van der Waals surface area contributed by atoms with Crippen molar-refractivity contribution in [2.24, 2.45) is 0 Å². The topological polar surface area (TPSA) is 61.4 Å². The van der Waals surface area contributed by atoms with E-state index >= 15 is 0 Å². The number of nitrogens with one attached hydrogen (secondary N) is 1. The van der Waals surface area contributed by atoms with Crippen molar-refractivity contribution in [3.05, 3.63) is 108 Å². The van der Waals surface area contributed by atoms with Crippen LogP contribution in [0.1, 0.15) is 22.0 Å². The number of aromatic nitrogens is 2. The molecule has 4 aromatic rings. The summed E-state index contributed by atoms with van der Waals surface area (Å²) in [4.78, 5) is 26.4. The van der Waals surface area contributed by atoms with Gasteiger partial charge in [-0.15, -0.1) is 0 Å². The first-order chi connectivity index (χ1) is 17.1. The standard InChI is InChI=1S/C28H26FN5O/c1-33-16-17-34(25(19-33)20-6-3-2-4-7-20)28(35)21-10-12-24(13-11-21)31-26-14-15-30-27(32-26)22-8-5-9-23(29)18-22/h2-15,18,25H,16-17,19H2,1H3,(H,30,31,32). The van der Waals surface area contributed by atoms with Crippen molar-refractivity contribution >= 4 is 17.4 Å². The fraction of sp³-hybridized carbons (Fsp3) is 0.179. The summed E-state index contributed by atoms with van der Waals surface area (Å²) in [7, 11) is 2.09. The van der Waals surface area contributed by atoms with E-state index in [1.165, 1.54) is 12.1 Å². The number of anilines is 2. The van der Waals surface area contributed by atoms with E-state index in [2.05, 4.69) is 39.4 Å². The SMILES string of the molecule is CN1CCN(C(=O)c2ccc(Nc3ccnc(-c4cccc(F)c4)n3)cc2)C(c2ccccc2)C1. The summed E-state index contributed by atoms with van der Waals surface area (Å²) in [6.45, 7) is 2.32. The second-order valence-electron chi connectivity index (χ2n) is 8.67. The number of nitrogens with zero attached hydrogens (tertiary/aromatic N) is 4. The number of carbonyl (C=O) groups excluding carboxylic acids is 1. The highest BCUT2D eigenvalue weighted by molar-refractivity contribution is 5.95. The molecule has 5 rings (SSSR count). The molecule has 1 unspecified atom stereocenters. The van der Waals surface area contributed by atoms with Crippen LogP contribution in [0.25, 0.3) is 11.4 Å². The van der Waals surface area contributed by atoms with Gasteiger partial charge in [-0.05, 0) is 55.1 Å². The zero-order chi connectivity index (χ0) is 24.2. The lowest BCUT2D eigenvalue weighted by molar-refractivity contribution is 0.0498. The predicted molar refractivity (Wildman–Crippen MR) is 135 cm³/mol. The molecule has 1 amide bonds. The van der Waals surface area contributed by atoms with E-state index in [-0.39, 0.29) is 17.8 Å². The maximum Gasteiger partial charge on any atom is 0.254 e. The molecule has 0 radical (unpaired) electrons. The van der Waals surface area contributed by atoms with Crippen molar-refractivity contribution in [2.75, 3.05) is 32.0 Å². The summed E-state index contributed by atoms with van der Waals surface area (Å²) in [6, 6.07) is 25.5. The van der Waals surface area contributed by atoms with Gasteiger partial charge in [0.1, 0.15) is 11.6 Å². The molecule has 6 nitrogen and oxygen atoms in total. The van der Waals surface area contributed by atoms with Gasteiger partial charge in [0.2, 0.25) is 0 Å². The highest BCUT2D eigenvalue weighted by Gasteiger charge is 2.30. The first-order valence-corrected chi connectivity index (χ1v) is 11.6. The van der Waals surface area contributed by atoms with E-state index in [1.54, 1.807) is 24.4 Å². The van der Waals surface area contributed by atoms with E-state index < -0.39 is 0 Å². The van der Waals surface area contributed by atoms with E-state index in [1.807, 2.05) is 47.4 Å². The van der Waals surface area contributed by atoms with Crippen molar-refractivity contribution in [2.45, 2.75) is 6.04 Å². The Morgan fingerprint density at radius 3 is 2.54 bits per heavy atom. The minimum absolute atomic E-state index is 0.0162. The number of carbonyl (C=O) groups is 1. The van der Waals surface area contributed by atoms with Crippen LogP contribution in [0, 0.1) is 5.82 Å². The molecule has 176 valence electrons. The van der Waals surface area contributed by atoms with Gasteiger partial charge in [-0.25, -0.2) is 14.4 Å². The van der Waals surface area contributed by atoms with Crippen LogP contribution in [-0.4, -0.2) is 52.4 Å². The number of piperazine rings is 1. The van der Waals surface area contributed by atoms with Gasteiger partial charge in [0.05, 0.1) is 6.04 Å². The third-order valence-electron chi connectivity index (χ3n) is 6.17. The summed E-state index contributed by atoms with van der Waals surface area (Å²) in [5.74, 6) is 0.707. The number of hydrogen-bond donors (Lipinski definition) is 1. The fourth-order valence-electron chi connectivity index (χ4n) is 4.33. The smallest absolute Gasteiger partial charge is 0.254 e. The Labute approximate surface area is 204 Å². The Morgan fingerprint density at radius 1 is 0.971 bits per heavy atom. The van der Waals surface area contributed by atoms with E-state index in [0.717, 1.165) is 24.3 Å². The Hall–Kier alpha value is -4.10. The van der Waals surface area contributed by atoms with E-state index in [4.69, 9.17) is 0 Å². The number of rotatable bonds is 5. The molecule has 0 aliphatic carbocycles. The zero-order valence-electron chi connectivity index (χ0n) is 19.4. The monoisotopic (exact) mass is 467 g/mol. The second kappa shape index (κ2) is 10.0. The summed E-state index contributed by atoms with van der Waals surface area (Å²) >= 11 is 0. The Bertz CT molecular complexity index is 1310. The molecule has 1 atom stereocenters. The number of likely N-dealkylation sites (N-methyl/N-ethyl adjacent to an activating group) is 1. The van der Waals surface area contributed by atoms with Crippen LogP contribution < -0.4 is 5.32 Å². The normalized spacial score (nSPS) is 16.2. The van der Waals surface area contributed by atoms with Crippen molar-refractivity contribution < 1.29 is 9.18 Å². The van der Waals surface area contributed by atoms with Crippen LogP contribution in [-0.2, 0) is 0 Å². The van der Waals surface area contributed by atoms with Crippen LogP contribution in [0.4, 0.5) is 15.9 Å². The Morgan fingerprint density at radius 2 is 1.77 bits per heavy atom. The average Bonchev–Trinajstić information content (AvgIpc) is 2.89. The van der Waals surface area contributed by atoms with Crippen molar-refractivity contribution in [3.8, 4) is 11.4 Å². The van der Waals surface area contributed by atoms with Gasteiger partial charge in [0, 0.05) is 42.6 Å². The lowest BCUT2D eigenvalue weighted by Gasteiger charge is -2.40. The summed E-state index contributed by atoms with van der Waals surface area (Å²) < 4.78 is 13.6. The lowest BCUT2D eigenvalue weighted by atomic mass is 10.0. The number of amides is 1. The molecule has 1 aromatic heterocycles. The highest BCUT2D eigenvalue weighted by Crippen LogP contribution is 2.27. The van der Waals surface area contributed by atoms with E-state index in [0.29, 0.717) is 29.3 Å². The summed E-state index contributed by atoms with van der Waals surface area (Å²) in [5, 5.41) is 3.24.